The maximum absolute atomic E-state index is 12.2. The molecule has 1 aliphatic carbocycles. The van der Waals surface area contributed by atoms with Crippen molar-refractivity contribution in [3.8, 4) is 0 Å². The van der Waals surface area contributed by atoms with E-state index < -0.39 is 0 Å². The number of hydrogen-bond acceptors (Lipinski definition) is 5. The summed E-state index contributed by atoms with van der Waals surface area (Å²) >= 11 is 6.95. The molecule has 0 aliphatic heterocycles. The highest BCUT2D eigenvalue weighted by atomic mass is 35.5. The standard InChI is InChI=1S/C14H13ClN2O2S/c1-8(9-4-6-11(15)7-5-9)19-14(18)13-12(10-2-3-10)16-17-20-13/h4-8,10H,2-3H2,1H3. The third-order valence-corrected chi connectivity index (χ3v) is 4.26. The molecule has 0 saturated heterocycles. The Bertz CT molecular complexity index is 622. The highest BCUT2D eigenvalue weighted by molar-refractivity contribution is 7.07. The molecular formula is C14H13ClN2O2S. The number of nitrogens with zero attached hydrogens (tertiary/aromatic N) is 2. The molecule has 0 spiro atoms. The number of carbonyl (C=O) groups excluding carboxylic acids is 1. The summed E-state index contributed by atoms with van der Waals surface area (Å²) in [5, 5.41) is 4.70. The maximum Gasteiger partial charge on any atom is 0.352 e. The Morgan fingerprint density at radius 1 is 1.40 bits per heavy atom. The van der Waals surface area contributed by atoms with Crippen LogP contribution in [0.5, 0.6) is 0 Å². The first-order chi connectivity index (χ1) is 9.65. The zero-order valence-electron chi connectivity index (χ0n) is 10.9. The van der Waals surface area contributed by atoms with Crippen molar-refractivity contribution >= 4 is 29.1 Å². The lowest BCUT2D eigenvalue weighted by molar-refractivity contribution is 0.0342. The van der Waals surface area contributed by atoms with Crippen LogP contribution in [0.4, 0.5) is 0 Å². The van der Waals surface area contributed by atoms with Gasteiger partial charge in [0.25, 0.3) is 0 Å². The van der Waals surface area contributed by atoms with E-state index in [2.05, 4.69) is 9.59 Å². The summed E-state index contributed by atoms with van der Waals surface area (Å²) in [6.07, 6.45) is 1.84. The second-order valence-corrected chi connectivity index (χ2v) is 6.05. The molecule has 1 aliphatic rings. The van der Waals surface area contributed by atoms with Crippen molar-refractivity contribution in [1.29, 1.82) is 0 Å². The predicted molar refractivity (Wildman–Crippen MR) is 77.2 cm³/mol. The Morgan fingerprint density at radius 2 is 2.10 bits per heavy atom. The van der Waals surface area contributed by atoms with Crippen LogP contribution in [0.2, 0.25) is 5.02 Å². The van der Waals surface area contributed by atoms with E-state index >= 15 is 0 Å². The van der Waals surface area contributed by atoms with Gasteiger partial charge in [0, 0.05) is 10.9 Å². The van der Waals surface area contributed by atoms with E-state index in [1.807, 2.05) is 19.1 Å². The molecule has 2 aromatic rings. The van der Waals surface area contributed by atoms with E-state index in [4.69, 9.17) is 16.3 Å². The van der Waals surface area contributed by atoms with Crippen LogP contribution in [-0.2, 0) is 4.74 Å². The van der Waals surface area contributed by atoms with Crippen LogP contribution in [0.1, 0.15) is 52.7 Å². The quantitative estimate of drug-likeness (QED) is 0.801. The second kappa shape index (κ2) is 5.50. The lowest BCUT2D eigenvalue weighted by Gasteiger charge is -2.13. The summed E-state index contributed by atoms with van der Waals surface area (Å²) in [6, 6.07) is 7.27. The van der Waals surface area contributed by atoms with Crippen molar-refractivity contribution < 1.29 is 9.53 Å². The highest BCUT2D eigenvalue weighted by Gasteiger charge is 2.32. The number of aromatic nitrogens is 2. The Kier molecular flexibility index (Phi) is 3.72. The fourth-order valence-corrected chi connectivity index (χ4v) is 2.74. The average molecular weight is 309 g/mol. The van der Waals surface area contributed by atoms with Gasteiger partial charge < -0.3 is 4.74 Å². The van der Waals surface area contributed by atoms with E-state index in [0.29, 0.717) is 15.8 Å². The number of rotatable bonds is 4. The molecule has 1 unspecified atom stereocenters. The van der Waals surface area contributed by atoms with Crippen molar-refractivity contribution in [1.82, 2.24) is 9.59 Å². The Morgan fingerprint density at radius 3 is 2.75 bits per heavy atom. The van der Waals surface area contributed by atoms with E-state index in [9.17, 15) is 4.79 Å². The first-order valence-corrected chi connectivity index (χ1v) is 7.59. The van der Waals surface area contributed by atoms with Crippen molar-refractivity contribution in [3.05, 3.63) is 45.4 Å². The molecule has 6 heteroatoms. The van der Waals surface area contributed by atoms with E-state index in [-0.39, 0.29) is 12.1 Å². The molecule has 104 valence electrons. The SMILES string of the molecule is CC(OC(=O)c1snnc1C1CC1)c1ccc(Cl)cc1. The molecule has 0 bridgehead atoms. The van der Waals surface area contributed by atoms with Crippen LogP contribution >= 0.6 is 23.1 Å². The van der Waals surface area contributed by atoms with Crippen LogP contribution in [-0.4, -0.2) is 15.6 Å². The molecule has 1 fully saturated rings. The molecule has 1 aromatic carbocycles. The maximum atomic E-state index is 12.2. The van der Waals surface area contributed by atoms with Gasteiger partial charge in [-0.15, -0.1) is 5.10 Å². The molecule has 1 aromatic heterocycles. The number of halogens is 1. The van der Waals surface area contributed by atoms with Gasteiger partial charge in [-0.05, 0) is 49.0 Å². The van der Waals surface area contributed by atoms with Crippen molar-refractivity contribution in [2.45, 2.75) is 31.8 Å². The molecule has 1 saturated carbocycles. The summed E-state index contributed by atoms with van der Waals surface area (Å²) in [5.41, 5.74) is 1.71. The highest BCUT2D eigenvalue weighted by Crippen LogP contribution is 2.41. The third-order valence-electron chi connectivity index (χ3n) is 3.29. The summed E-state index contributed by atoms with van der Waals surface area (Å²) in [4.78, 5) is 12.7. The minimum atomic E-state index is -0.343. The predicted octanol–water partition coefficient (Wildman–Crippen LogP) is 3.99. The normalized spacial score (nSPS) is 15.9. The second-order valence-electron chi connectivity index (χ2n) is 4.86. The number of benzene rings is 1. The molecule has 1 heterocycles. The van der Waals surface area contributed by atoms with Gasteiger partial charge in [-0.25, -0.2) is 4.79 Å². The van der Waals surface area contributed by atoms with Gasteiger partial charge in [0.1, 0.15) is 6.10 Å². The molecule has 0 N–H and O–H groups in total. The van der Waals surface area contributed by atoms with E-state index in [0.717, 1.165) is 35.6 Å². The number of esters is 1. The van der Waals surface area contributed by atoms with Crippen LogP contribution in [0, 0.1) is 0 Å². The van der Waals surface area contributed by atoms with Crippen LogP contribution in [0.15, 0.2) is 24.3 Å². The molecule has 0 amide bonds. The fourth-order valence-electron chi connectivity index (χ4n) is 1.98. The lowest BCUT2D eigenvalue weighted by Crippen LogP contribution is -2.09. The van der Waals surface area contributed by atoms with Crippen LogP contribution < -0.4 is 0 Å². The molecule has 4 nitrogen and oxygen atoms in total. The Hall–Kier alpha value is -1.46. The average Bonchev–Trinajstić information content (AvgIpc) is 3.16. The topological polar surface area (TPSA) is 52.1 Å². The lowest BCUT2D eigenvalue weighted by atomic mass is 10.1. The fraction of sp³-hybridized carbons (Fsp3) is 0.357. The minimum absolute atomic E-state index is 0.325. The summed E-state index contributed by atoms with van der Waals surface area (Å²) in [7, 11) is 0. The summed E-state index contributed by atoms with van der Waals surface area (Å²) in [6.45, 7) is 1.84. The number of carbonyl (C=O) groups is 1. The van der Waals surface area contributed by atoms with Crippen LogP contribution in [0.3, 0.4) is 0 Å². The van der Waals surface area contributed by atoms with Gasteiger partial charge in [-0.3, -0.25) is 0 Å². The van der Waals surface area contributed by atoms with Gasteiger partial charge >= 0.3 is 5.97 Å². The first-order valence-electron chi connectivity index (χ1n) is 6.44. The van der Waals surface area contributed by atoms with Crippen molar-refractivity contribution in [2.75, 3.05) is 0 Å². The van der Waals surface area contributed by atoms with Crippen LogP contribution in [0.25, 0.3) is 0 Å². The van der Waals surface area contributed by atoms with Gasteiger partial charge in [0.2, 0.25) is 0 Å². The molecule has 3 rings (SSSR count). The molecule has 20 heavy (non-hydrogen) atoms. The van der Waals surface area contributed by atoms with Gasteiger partial charge in [0.15, 0.2) is 4.88 Å². The number of ether oxygens (including phenoxy) is 1. The molecule has 0 radical (unpaired) electrons. The summed E-state index contributed by atoms with van der Waals surface area (Å²) < 4.78 is 9.36. The Balaban J connectivity index is 1.71. The minimum Gasteiger partial charge on any atom is -0.454 e. The molecular weight excluding hydrogens is 296 g/mol. The van der Waals surface area contributed by atoms with Gasteiger partial charge in [-0.1, -0.05) is 28.2 Å². The van der Waals surface area contributed by atoms with E-state index in [1.165, 1.54) is 0 Å². The number of hydrogen-bond donors (Lipinski definition) is 0. The van der Waals surface area contributed by atoms with Crippen molar-refractivity contribution in [3.63, 3.8) is 0 Å². The monoisotopic (exact) mass is 308 g/mol. The third kappa shape index (κ3) is 2.83. The summed E-state index contributed by atoms with van der Waals surface area (Å²) in [5.74, 6) is 0.0477. The van der Waals surface area contributed by atoms with E-state index in [1.54, 1.807) is 12.1 Å². The smallest absolute Gasteiger partial charge is 0.352 e. The Labute approximate surface area is 125 Å². The van der Waals surface area contributed by atoms with Gasteiger partial charge in [-0.2, -0.15) is 0 Å². The molecule has 1 atom stereocenters. The zero-order chi connectivity index (χ0) is 14.1. The largest absolute Gasteiger partial charge is 0.454 e. The van der Waals surface area contributed by atoms with Gasteiger partial charge in [0.05, 0.1) is 5.69 Å². The zero-order valence-corrected chi connectivity index (χ0v) is 12.4. The first kappa shape index (κ1) is 13.5. The van der Waals surface area contributed by atoms with Crippen molar-refractivity contribution in [2.24, 2.45) is 0 Å².